The molecule has 1 saturated heterocycles. The average Bonchev–Trinajstić information content (AvgIpc) is 3.24. The van der Waals surface area contributed by atoms with E-state index < -0.39 is 0 Å². The first-order chi connectivity index (χ1) is 13.7. The van der Waals surface area contributed by atoms with Gasteiger partial charge in [-0.05, 0) is 37.0 Å². The lowest BCUT2D eigenvalue weighted by atomic mass is 9.96. The summed E-state index contributed by atoms with van der Waals surface area (Å²) in [6.07, 6.45) is 8.79. The van der Waals surface area contributed by atoms with E-state index in [4.69, 9.17) is 4.74 Å². The maximum absolute atomic E-state index is 12.3. The molecular weight excluding hydrogens is 350 g/mol. The van der Waals surface area contributed by atoms with Crippen molar-refractivity contribution in [3.63, 3.8) is 0 Å². The van der Waals surface area contributed by atoms with E-state index >= 15 is 0 Å². The summed E-state index contributed by atoms with van der Waals surface area (Å²) < 4.78 is 5.05. The van der Waals surface area contributed by atoms with Crippen molar-refractivity contribution in [2.24, 2.45) is 0 Å². The average molecular weight is 373 g/mol. The lowest BCUT2D eigenvalue weighted by molar-refractivity contribution is 0.0979. The predicted octanol–water partition coefficient (Wildman–Crippen LogP) is 4.87. The molecule has 5 heteroatoms. The van der Waals surface area contributed by atoms with Gasteiger partial charge in [0.15, 0.2) is 0 Å². The second-order valence-corrected chi connectivity index (χ2v) is 7.68. The molecule has 2 bridgehead atoms. The Morgan fingerprint density at radius 2 is 2.14 bits per heavy atom. The lowest BCUT2D eigenvalue weighted by Gasteiger charge is -2.33. The minimum atomic E-state index is -0.213. The molecule has 0 aliphatic carbocycles. The third-order valence-corrected chi connectivity index (χ3v) is 6.04. The number of rotatable bonds is 2. The second kappa shape index (κ2) is 6.51. The third kappa shape index (κ3) is 2.61. The molecule has 1 N–H and O–H groups in total. The summed E-state index contributed by atoms with van der Waals surface area (Å²) in [6.45, 7) is 1.99. The smallest absolute Gasteiger partial charge is 0.410 e. The van der Waals surface area contributed by atoms with Crippen LogP contribution in [0.25, 0.3) is 23.1 Å². The van der Waals surface area contributed by atoms with Gasteiger partial charge in [0.05, 0.1) is 18.7 Å². The molecule has 28 heavy (non-hydrogen) atoms. The van der Waals surface area contributed by atoms with Crippen LogP contribution in [-0.4, -0.2) is 34.1 Å². The number of aromatic nitrogens is 2. The van der Waals surface area contributed by atoms with Crippen molar-refractivity contribution >= 4 is 29.1 Å². The van der Waals surface area contributed by atoms with Crippen LogP contribution in [0, 0.1) is 6.92 Å². The summed E-state index contributed by atoms with van der Waals surface area (Å²) in [5.74, 6) is 0. The molecule has 2 aromatic heterocycles. The number of carbonyl (C=O) groups excluding carboxylic acids is 1. The number of pyridine rings is 1. The lowest BCUT2D eigenvalue weighted by Crippen LogP contribution is -2.41. The summed E-state index contributed by atoms with van der Waals surface area (Å²) in [5.41, 5.74) is 6.91. The highest BCUT2D eigenvalue weighted by Crippen LogP contribution is 2.47. The number of nitrogens with zero attached hydrogens (tertiary/aromatic N) is 2. The Hall–Kier alpha value is -3.08. The molecule has 1 fully saturated rings. The summed E-state index contributed by atoms with van der Waals surface area (Å²) >= 11 is 0. The highest BCUT2D eigenvalue weighted by molar-refractivity contribution is 5.94. The van der Waals surface area contributed by atoms with Gasteiger partial charge in [-0.15, -0.1) is 0 Å². The van der Waals surface area contributed by atoms with Crippen molar-refractivity contribution in [2.45, 2.75) is 38.3 Å². The molecule has 0 radical (unpaired) electrons. The molecule has 2 aliphatic rings. The normalized spacial score (nSPS) is 20.7. The number of aryl methyl sites for hydroxylation is 1. The zero-order valence-electron chi connectivity index (χ0n) is 16.1. The number of hydrogen-bond acceptors (Lipinski definition) is 3. The predicted molar refractivity (Wildman–Crippen MR) is 110 cm³/mol. The molecule has 2 aliphatic heterocycles. The standard InChI is InChI=1S/C23H23N3O2/c1-14-6-7-15(13-24-14)8-9-16-4-3-5-18-21-19(25-22(16)18)12-17-10-11-20(21)26(17)23(27)28-2/h3-9,13,17,20,25H,10-12H2,1-2H3/b9-8+. The zero-order chi connectivity index (χ0) is 19.3. The van der Waals surface area contributed by atoms with Crippen molar-refractivity contribution in [1.82, 2.24) is 14.9 Å². The number of fused-ring (bicyclic) bond motifs is 6. The second-order valence-electron chi connectivity index (χ2n) is 7.68. The van der Waals surface area contributed by atoms with Crippen molar-refractivity contribution < 1.29 is 9.53 Å². The number of hydrogen-bond donors (Lipinski definition) is 1. The summed E-state index contributed by atoms with van der Waals surface area (Å²) in [6, 6.07) is 10.8. The maximum Gasteiger partial charge on any atom is 0.410 e. The number of ether oxygens (including phenoxy) is 1. The first kappa shape index (κ1) is 17.0. The van der Waals surface area contributed by atoms with Crippen LogP contribution in [0.3, 0.4) is 0 Å². The van der Waals surface area contributed by atoms with Crippen molar-refractivity contribution in [1.29, 1.82) is 0 Å². The van der Waals surface area contributed by atoms with E-state index in [9.17, 15) is 4.79 Å². The van der Waals surface area contributed by atoms with Gasteiger partial charge < -0.3 is 9.72 Å². The number of aromatic amines is 1. The maximum atomic E-state index is 12.3. The Labute approximate surface area is 164 Å². The van der Waals surface area contributed by atoms with Gasteiger partial charge in [-0.25, -0.2) is 4.79 Å². The number of carbonyl (C=O) groups is 1. The van der Waals surface area contributed by atoms with E-state index in [2.05, 4.69) is 46.4 Å². The van der Waals surface area contributed by atoms with Crippen molar-refractivity contribution in [3.8, 4) is 0 Å². The van der Waals surface area contributed by atoms with Crippen LogP contribution in [0.2, 0.25) is 0 Å². The Morgan fingerprint density at radius 3 is 2.93 bits per heavy atom. The monoisotopic (exact) mass is 373 g/mol. The van der Waals surface area contributed by atoms with Gasteiger partial charge in [-0.2, -0.15) is 0 Å². The highest BCUT2D eigenvalue weighted by atomic mass is 16.5. The van der Waals surface area contributed by atoms with E-state index in [1.165, 1.54) is 23.8 Å². The van der Waals surface area contributed by atoms with Crippen LogP contribution in [0.1, 0.15) is 47.0 Å². The minimum Gasteiger partial charge on any atom is -0.453 e. The molecular formula is C23H23N3O2. The molecule has 0 saturated carbocycles. The van der Waals surface area contributed by atoms with Gasteiger partial charge in [0.2, 0.25) is 0 Å². The molecule has 0 spiro atoms. The molecule has 5 nitrogen and oxygen atoms in total. The third-order valence-electron chi connectivity index (χ3n) is 6.04. The number of H-pyrrole nitrogens is 1. The van der Waals surface area contributed by atoms with Gasteiger partial charge in [-0.3, -0.25) is 9.88 Å². The molecule has 5 rings (SSSR count). The van der Waals surface area contributed by atoms with E-state index in [1.54, 1.807) is 0 Å². The van der Waals surface area contributed by atoms with Crippen LogP contribution in [0.5, 0.6) is 0 Å². The van der Waals surface area contributed by atoms with E-state index in [-0.39, 0.29) is 18.2 Å². The first-order valence-electron chi connectivity index (χ1n) is 9.76. The van der Waals surface area contributed by atoms with Crippen LogP contribution in [-0.2, 0) is 11.2 Å². The fourth-order valence-corrected chi connectivity index (χ4v) is 4.74. The summed E-state index contributed by atoms with van der Waals surface area (Å²) in [7, 11) is 1.47. The number of methoxy groups -OCH3 is 1. The van der Waals surface area contributed by atoms with Crippen molar-refractivity contribution in [3.05, 3.63) is 64.6 Å². The topological polar surface area (TPSA) is 58.2 Å². The van der Waals surface area contributed by atoms with Crippen LogP contribution >= 0.6 is 0 Å². The molecule has 2 atom stereocenters. The Morgan fingerprint density at radius 1 is 1.25 bits per heavy atom. The number of benzene rings is 1. The number of para-hydroxylation sites is 1. The SMILES string of the molecule is COC(=O)N1C2CCC1c1c([nH]c3c(/C=C/c4ccc(C)nc4)cccc13)C2. The van der Waals surface area contributed by atoms with Gasteiger partial charge in [0.25, 0.3) is 0 Å². The van der Waals surface area contributed by atoms with Gasteiger partial charge in [0.1, 0.15) is 0 Å². The first-order valence-corrected chi connectivity index (χ1v) is 9.76. The minimum absolute atomic E-state index is 0.107. The fourth-order valence-electron chi connectivity index (χ4n) is 4.74. The summed E-state index contributed by atoms with van der Waals surface area (Å²) in [5, 5.41) is 1.21. The van der Waals surface area contributed by atoms with Crippen LogP contribution in [0.4, 0.5) is 4.79 Å². The number of nitrogens with one attached hydrogen (secondary N) is 1. The molecule has 1 amide bonds. The number of amides is 1. The molecule has 4 heterocycles. The Kier molecular flexibility index (Phi) is 3.97. The molecule has 1 aromatic carbocycles. The van der Waals surface area contributed by atoms with Crippen LogP contribution in [0.15, 0.2) is 36.5 Å². The van der Waals surface area contributed by atoms with Gasteiger partial charge in [-0.1, -0.05) is 36.4 Å². The van der Waals surface area contributed by atoms with E-state index in [0.29, 0.717) is 0 Å². The molecule has 3 aromatic rings. The van der Waals surface area contributed by atoms with Crippen molar-refractivity contribution in [2.75, 3.05) is 7.11 Å². The zero-order valence-corrected chi connectivity index (χ0v) is 16.1. The Bertz CT molecular complexity index is 1080. The molecule has 142 valence electrons. The van der Waals surface area contributed by atoms with E-state index in [0.717, 1.165) is 41.6 Å². The van der Waals surface area contributed by atoms with Crippen LogP contribution < -0.4 is 0 Å². The van der Waals surface area contributed by atoms with Gasteiger partial charge >= 0.3 is 6.09 Å². The fraction of sp³-hybridized carbons (Fsp3) is 0.304. The van der Waals surface area contributed by atoms with Gasteiger partial charge in [0, 0.05) is 41.0 Å². The summed E-state index contributed by atoms with van der Waals surface area (Å²) in [4.78, 5) is 22.3. The van der Waals surface area contributed by atoms with E-state index in [1.807, 2.05) is 24.1 Å². The largest absolute Gasteiger partial charge is 0.453 e. The quantitative estimate of drug-likeness (QED) is 0.697. The highest BCUT2D eigenvalue weighted by Gasteiger charge is 2.44. The molecule has 2 unspecified atom stereocenters. The Balaban J connectivity index is 1.56.